The predicted octanol–water partition coefficient (Wildman–Crippen LogP) is 1.19. The molecule has 0 radical (unpaired) electrons. The molecule has 0 atom stereocenters. The summed E-state index contributed by atoms with van der Waals surface area (Å²) < 4.78 is 26.0. The lowest BCUT2D eigenvalue weighted by Crippen LogP contribution is -2.32. The van der Waals surface area contributed by atoms with Gasteiger partial charge in [-0.1, -0.05) is 6.07 Å². The summed E-state index contributed by atoms with van der Waals surface area (Å²) >= 11 is 0. The second-order valence-corrected chi connectivity index (χ2v) is 2.57. The number of rotatable bonds is 2. The molecule has 1 aromatic rings. The van der Waals surface area contributed by atoms with Gasteiger partial charge >= 0.3 is 0 Å². The lowest BCUT2D eigenvalue weighted by atomic mass is 10.2. The van der Waals surface area contributed by atoms with E-state index in [2.05, 4.69) is 10.4 Å². The summed E-state index contributed by atoms with van der Waals surface area (Å²) in [5, 5.41) is 0. The number of hydrogen-bond donors (Lipinski definition) is 2. The normalized spacial score (nSPS) is 11.6. The molecule has 76 valence electrons. The number of hydrogen-bond acceptors (Lipinski definition) is 2. The van der Waals surface area contributed by atoms with E-state index in [1.807, 2.05) is 0 Å². The van der Waals surface area contributed by atoms with Crippen molar-refractivity contribution in [2.75, 3.05) is 6.54 Å². The first-order valence-corrected chi connectivity index (χ1v) is 4.16. The number of hydrazine groups is 1. The minimum absolute atomic E-state index is 0.0364. The highest BCUT2D eigenvalue weighted by molar-refractivity contribution is 5.98. The Balaban J connectivity index is 3.17. The molecule has 3 nitrogen and oxygen atoms in total. The molecule has 0 saturated heterocycles. The van der Waals surface area contributed by atoms with Crippen LogP contribution >= 0.6 is 0 Å². The molecule has 1 rings (SSSR count). The lowest BCUT2D eigenvalue weighted by Gasteiger charge is -2.06. The summed E-state index contributed by atoms with van der Waals surface area (Å²) in [7, 11) is 0. The lowest BCUT2D eigenvalue weighted by molar-refractivity contribution is 0.506. The van der Waals surface area contributed by atoms with Gasteiger partial charge in [0.2, 0.25) is 0 Å². The molecule has 0 aliphatic rings. The van der Waals surface area contributed by atoms with Crippen LogP contribution in [-0.4, -0.2) is 12.4 Å². The van der Waals surface area contributed by atoms with E-state index in [1.54, 1.807) is 6.92 Å². The van der Waals surface area contributed by atoms with Gasteiger partial charge in [-0.3, -0.25) is 4.99 Å². The van der Waals surface area contributed by atoms with Crippen molar-refractivity contribution in [2.24, 2.45) is 10.8 Å². The molecule has 5 heteroatoms. The van der Waals surface area contributed by atoms with Crippen LogP contribution in [-0.2, 0) is 0 Å². The van der Waals surface area contributed by atoms with Crippen molar-refractivity contribution in [1.82, 2.24) is 5.43 Å². The summed E-state index contributed by atoms with van der Waals surface area (Å²) in [6.45, 7) is 2.21. The van der Waals surface area contributed by atoms with Crippen LogP contribution in [0.1, 0.15) is 12.5 Å². The van der Waals surface area contributed by atoms with E-state index in [-0.39, 0.29) is 11.4 Å². The second kappa shape index (κ2) is 4.66. The highest BCUT2D eigenvalue weighted by Crippen LogP contribution is 2.11. The van der Waals surface area contributed by atoms with Crippen LogP contribution in [0, 0.1) is 11.6 Å². The Labute approximate surface area is 80.6 Å². The Bertz CT molecular complexity index is 350. The zero-order valence-electron chi connectivity index (χ0n) is 7.72. The van der Waals surface area contributed by atoms with Crippen LogP contribution in [0.2, 0.25) is 0 Å². The van der Waals surface area contributed by atoms with Gasteiger partial charge in [-0.15, -0.1) is 0 Å². The Morgan fingerprint density at radius 2 is 2.21 bits per heavy atom. The first kappa shape index (κ1) is 10.6. The molecule has 0 spiro atoms. The maximum Gasteiger partial charge on any atom is 0.169 e. The molecule has 3 N–H and O–H groups in total. The maximum atomic E-state index is 13.2. The number of aliphatic imine (C=N–C) groups is 1. The van der Waals surface area contributed by atoms with Crippen LogP contribution in [0.15, 0.2) is 23.2 Å². The first-order chi connectivity index (χ1) is 6.70. The number of benzene rings is 1. The predicted molar refractivity (Wildman–Crippen MR) is 50.8 cm³/mol. The Kier molecular flexibility index (Phi) is 3.53. The van der Waals surface area contributed by atoms with E-state index < -0.39 is 11.6 Å². The van der Waals surface area contributed by atoms with Gasteiger partial charge in [-0.25, -0.2) is 14.6 Å². The van der Waals surface area contributed by atoms with Crippen LogP contribution in [0.25, 0.3) is 0 Å². The SMILES string of the molecule is CCN=C(NN)c1cccc(F)c1F. The topological polar surface area (TPSA) is 50.4 Å². The van der Waals surface area contributed by atoms with E-state index >= 15 is 0 Å². The molecule has 0 bridgehead atoms. The zero-order chi connectivity index (χ0) is 10.6. The van der Waals surface area contributed by atoms with Gasteiger partial charge in [0.05, 0.1) is 5.56 Å². The second-order valence-electron chi connectivity index (χ2n) is 2.57. The minimum atomic E-state index is -0.947. The molecular weight excluding hydrogens is 188 g/mol. The van der Waals surface area contributed by atoms with Crippen molar-refractivity contribution in [3.63, 3.8) is 0 Å². The Morgan fingerprint density at radius 1 is 1.50 bits per heavy atom. The third-order valence-corrected chi connectivity index (χ3v) is 1.66. The van der Waals surface area contributed by atoms with E-state index in [9.17, 15) is 8.78 Å². The number of nitrogens with zero attached hydrogens (tertiary/aromatic N) is 1. The Morgan fingerprint density at radius 3 is 2.79 bits per heavy atom. The minimum Gasteiger partial charge on any atom is -0.308 e. The molecule has 0 aromatic heterocycles. The van der Waals surface area contributed by atoms with Crippen LogP contribution < -0.4 is 11.3 Å². The molecule has 14 heavy (non-hydrogen) atoms. The average Bonchev–Trinajstić information content (AvgIpc) is 2.19. The molecular formula is C9H11F2N3. The van der Waals surface area contributed by atoms with Crippen LogP contribution in [0.3, 0.4) is 0 Å². The van der Waals surface area contributed by atoms with Gasteiger partial charge in [0.1, 0.15) is 5.84 Å². The summed E-state index contributed by atoms with van der Waals surface area (Å²) in [6, 6.07) is 3.85. The third-order valence-electron chi connectivity index (χ3n) is 1.66. The van der Waals surface area contributed by atoms with E-state index in [0.717, 1.165) is 6.07 Å². The molecule has 0 aliphatic carbocycles. The third kappa shape index (κ3) is 2.05. The highest BCUT2D eigenvalue weighted by Gasteiger charge is 2.11. The molecule has 0 aliphatic heterocycles. The maximum absolute atomic E-state index is 13.2. The van der Waals surface area contributed by atoms with Gasteiger partial charge in [0, 0.05) is 6.54 Å². The number of amidine groups is 1. The van der Waals surface area contributed by atoms with Crippen molar-refractivity contribution >= 4 is 5.84 Å². The molecule has 0 unspecified atom stereocenters. The summed E-state index contributed by atoms with van der Waals surface area (Å²) in [4.78, 5) is 3.89. The molecule has 0 saturated carbocycles. The largest absolute Gasteiger partial charge is 0.308 e. The fourth-order valence-corrected chi connectivity index (χ4v) is 1.05. The first-order valence-electron chi connectivity index (χ1n) is 4.16. The summed E-state index contributed by atoms with van der Waals surface area (Å²) in [5.74, 6) is 3.42. The molecule has 1 aromatic carbocycles. The molecule has 0 heterocycles. The van der Waals surface area contributed by atoms with Crippen LogP contribution in [0.5, 0.6) is 0 Å². The van der Waals surface area contributed by atoms with E-state index in [1.165, 1.54) is 12.1 Å². The van der Waals surface area contributed by atoms with E-state index in [4.69, 9.17) is 5.84 Å². The van der Waals surface area contributed by atoms with Crippen molar-refractivity contribution in [1.29, 1.82) is 0 Å². The average molecular weight is 199 g/mol. The standard InChI is InChI=1S/C9H11F2N3/c1-2-13-9(14-12)6-4-3-5-7(10)8(6)11/h3-5H,2,12H2,1H3,(H,13,14). The van der Waals surface area contributed by atoms with Gasteiger partial charge in [-0.05, 0) is 19.1 Å². The van der Waals surface area contributed by atoms with Crippen LogP contribution in [0.4, 0.5) is 8.78 Å². The van der Waals surface area contributed by atoms with Crippen molar-refractivity contribution in [3.8, 4) is 0 Å². The quantitative estimate of drug-likeness (QED) is 0.325. The number of nitrogens with two attached hydrogens (primary N) is 1. The summed E-state index contributed by atoms with van der Waals surface area (Å²) in [6.07, 6.45) is 0. The van der Waals surface area contributed by atoms with E-state index in [0.29, 0.717) is 6.54 Å². The highest BCUT2D eigenvalue weighted by atomic mass is 19.2. The van der Waals surface area contributed by atoms with Crippen molar-refractivity contribution in [2.45, 2.75) is 6.92 Å². The van der Waals surface area contributed by atoms with Gasteiger partial charge in [0.15, 0.2) is 11.6 Å². The fourth-order valence-electron chi connectivity index (χ4n) is 1.05. The van der Waals surface area contributed by atoms with Crippen molar-refractivity contribution < 1.29 is 8.78 Å². The summed E-state index contributed by atoms with van der Waals surface area (Å²) in [5.41, 5.74) is 2.27. The van der Waals surface area contributed by atoms with Crippen molar-refractivity contribution in [3.05, 3.63) is 35.4 Å². The fraction of sp³-hybridized carbons (Fsp3) is 0.222. The van der Waals surface area contributed by atoms with Gasteiger partial charge < -0.3 is 5.43 Å². The monoisotopic (exact) mass is 199 g/mol. The zero-order valence-corrected chi connectivity index (χ0v) is 7.72. The Hall–Kier alpha value is -1.49. The molecule has 0 fully saturated rings. The smallest absolute Gasteiger partial charge is 0.169 e. The number of nitrogens with one attached hydrogen (secondary N) is 1. The molecule has 0 amide bonds. The van der Waals surface area contributed by atoms with Gasteiger partial charge in [-0.2, -0.15) is 0 Å². The number of halogens is 2. The van der Waals surface area contributed by atoms with Gasteiger partial charge in [0.25, 0.3) is 0 Å².